The van der Waals surface area contributed by atoms with Gasteiger partial charge < -0.3 is 9.73 Å². The average Bonchev–Trinajstić information content (AvgIpc) is 2.79. The molecule has 0 unspecified atom stereocenters. The van der Waals surface area contributed by atoms with Crippen molar-refractivity contribution in [2.24, 2.45) is 0 Å². The minimum atomic E-state index is 0.516. The second-order valence-corrected chi connectivity index (χ2v) is 5.46. The fraction of sp³-hybridized carbons (Fsp3) is 0.385. The van der Waals surface area contributed by atoms with Crippen LogP contribution in [0.15, 0.2) is 32.7 Å². The number of aryl methyl sites for hydroxylation is 1. The third-order valence-electron chi connectivity index (χ3n) is 2.49. The molecule has 0 spiro atoms. The Hall–Kier alpha value is -1.04. The summed E-state index contributed by atoms with van der Waals surface area (Å²) >= 11 is 7.67. The van der Waals surface area contributed by atoms with Gasteiger partial charge in [-0.3, -0.25) is 0 Å². The lowest BCUT2D eigenvalue weighted by Gasteiger charge is -2.09. The van der Waals surface area contributed by atoms with Crippen LogP contribution < -0.4 is 5.32 Å². The van der Waals surface area contributed by atoms with E-state index in [9.17, 15) is 0 Å². The van der Waals surface area contributed by atoms with Gasteiger partial charge in [-0.25, -0.2) is 0 Å². The van der Waals surface area contributed by atoms with E-state index in [1.54, 1.807) is 6.92 Å². The molecule has 1 N–H and O–H groups in total. The van der Waals surface area contributed by atoms with E-state index < -0.39 is 0 Å². The lowest BCUT2D eigenvalue weighted by Crippen LogP contribution is -2.14. The molecule has 19 heavy (non-hydrogen) atoms. The Morgan fingerprint density at radius 3 is 2.89 bits per heavy atom. The van der Waals surface area contributed by atoms with E-state index in [4.69, 9.17) is 16.0 Å². The highest BCUT2D eigenvalue weighted by Crippen LogP contribution is 2.35. The first-order valence-electron chi connectivity index (χ1n) is 6.16. The molecular weight excluding hydrogens is 282 g/mol. The number of halogens is 1. The van der Waals surface area contributed by atoms with Gasteiger partial charge in [0.15, 0.2) is 0 Å². The fourth-order valence-corrected chi connectivity index (χ4v) is 2.78. The van der Waals surface area contributed by atoms with Crippen LogP contribution in [0, 0.1) is 6.92 Å². The molecule has 6 heteroatoms. The molecule has 1 aromatic heterocycles. The summed E-state index contributed by atoms with van der Waals surface area (Å²) in [5.74, 6) is 0.556. The SMILES string of the molecule is CCCNCc1cccc(Cl)c1Sc1nnc(C)o1. The number of benzene rings is 1. The fourth-order valence-electron chi connectivity index (χ4n) is 1.61. The van der Waals surface area contributed by atoms with Gasteiger partial charge in [0.25, 0.3) is 5.22 Å². The molecule has 4 nitrogen and oxygen atoms in total. The van der Waals surface area contributed by atoms with E-state index in [1.165, 1.54) is 11.8 Å². The standard InChI is InChI=1S/C13H16ClN3OS/c1-3-7-15-8-10-5-4-6-11(14)12(10)19-13-17-16-9(2)18-13/h4-6,15H,3,7-8H2,1-2H3. The summed E-state index contributed by atoms with van der Waals surface area (Å²) in [7, 11) is 0. The molecule has 0 saturated heterocycles. The number of nitrogens with one attached hydrogen (secondary N) is 1. The monoisotopic (exact) mass is 297 g/mol. The number of rotatable bonds is 6. The van der Waals surface area contributed by atoms with E-state index in [-0.39, 0.29) is 0 Å². The zero-order valence-electron chi connectivity index (χ0n) is 10.9. The third-order valence-corrected chi connectivity index (χ3v) is 3.94. The maximum atomic E-state index is 6.26. The van der Waals surface area contributed by atoms with Crippen molar-refractivity contribution in [2.45, 2.75) is 36.9 Å². The highest BCUT2D eigenvalue weighted by atomic mass is 35.5. The van der Waals surface area contributed by atoms with Gasteiger partial charge in [-0.2, -0.15) is 0 Å². The summed E-state index contributed by atoms with van der Waals surface area (Å²) in [6.07, 6.45) is 1.10. The Balaban J connectivity index is 2.17. The topological polar surface area (TPSA) is 51.0 Å². The zero-order chi connectivity index (χ0) is 13.7. The zero-order valence-corrected chi connectivity index (χ0v) is 12.5. The second-order valence-electron chi connectivity index (χ2n) is 4.09. The maximum absolute atomic E-state index is 6.26. The van der Waals surface area contributed by atoms with Gasteiger partial charge in [-0.1, -0.05) is 30.7 Å². The van der Waals surface area contributed by atoms with E-state index >= 15 is 0 Å². The molecule has 0 bridgehead atoms. The predicted octanol–water partition coefficient (Wildman–Crippen LogP) is 3.68. The molecule has 2 aromatic rings. The van der Waals surface area contributed by atoms with Gasteiger partial charge >= 0.3 is 0 Å². The predicted molar refractivity (Wildman–Crippen MR) is 76.6 cm³/mol. The largest absolute Gasteiger partial charge is 0.416 e. The van der Waals surface area contributed by atoms with Crippen molar-refractivity contribution in [1.29, 1.82) is 0 Å². The van der Waals surface area contributed by atoms with E-state index in [1.807, 2.05) is 12.1 Å². The summed E-state index contributed by atoms with van der Waals surface area (Å²) in [6.45, 7) is 5.68. The molecule has 2 rings (SSSR count). The average molecular weight is 298 g/mol. The first-order valence-corrected chi connectivity index (χ1v) is 7.36. The molecule has 1 heterocycles. The van der Waals surface area contributed by atoms with Gasteiger partial charge in [0.05, 0.1) is 5.02 Å². The number of nitrogens with zero attached hydrogens (tertiary/aromatic N) is 2. The van der Waals surface area contributed by atoms with Crippen molar-refractivity contribution in [2.75, 3.05) is 6.54 Å². The van der Waals surface area contributed by atoms with Crippen LogP contribution in [-0.2, 0) is 6.54 Å². The van der Waals surface area contributed by atoms with Crippen LogP contribution in [0.5, 0.6) is 0 Å². The Kier molecular flexibility index (Phi) is 5.24. The number of hydrogen-bond acceptors (Lipinski definition) is 5. The molecular formula is C13H16ClN3OS. The van der Waals surface area contributed by atoms with Crippen molar-refractivity contribution in [3.8, 4) is 0 Å². The van der Waals surface area contributed by atoms with E-state index in [0.29, 0.717) is 16.1 Å². The summed E-state index contributed by atoms with van der Waals surface area (Å²) < 4.78 is 5.38. The van der Waals surface area contributed by atoms with Crippen LogP contribution in [0.25, 0.3) is 0 Å². The van der Waals surface area contributed by atoms with Gasteiger partial charge in [-0.05, 0) is 36.4 Å². The summed E-state index contributed by atoms with van der Waals surface area (Å²) in [5, 5.41) is 12.4. The van der Waals surface area contributed by atoms with Crippen LogP contribution in [0.2, 0.25) is 5.02 Å². The van der Waals surface area contributed by atoms with Crippen molar-refractivity contribution < 1.29 is 4.42 Å². The summed E-state index contributed by atoms with van der Waals surface area (Å²) in [6, 6.07) is 5.88. The molecule has 0 saturated carbocycles. The van der Waals surface area contributed by atoms with Crippen LogP contribution in [0.1, 0.15) is 24.8 Å². The molecule has 0 aliphatic rings. The van der Waals surface area contributed by atoms with Gasteiger partial charge in [-0.15, -0.1) is 10.2 Å². The second kappa shape index (κ2) is 6.93. The van der Waals surface area contributed by atoms with Crippen molar-refractivity contribution >= 4 is 23.4 Å². The quantitative estimate of drug-likeness (QED) is 0.824. The normalized spacial score (nSPS) is 10.9. The van der Waals surface area contributed by atoms with E-state index in [0.717, 1.165) is 30.0 Å². The molecule has 102 valence electrons. The molecule has 0 fully saturated rings. The van der Waals surface area contributed by atoms with Crippen molar-refractivity contribution in [1.82, 2.24) is 15.5 Å². The minimum absolute atomic E-state index is 0.516. The lowest BCUT2D eigenvalue weighted by atomic mass is 10.2. The highest BCUT2D eigenvalue weighted by Gasteiger charge is 2.12. The maximum Gasteiger partial charge on any atom is 0.281 e. The Morgan fingerprint density at radius 2 is 2.21 bits per heavy atom. The first kappa shape index (κ1) is 14.4. The molecule has 0 radical (unpaired) electrons. The van der Waals surface area contributed by atoms with Gasteiger partial charge in [0, 0.05) is 18.4 Å². The smallest absolute Gasteiger partial charge is 0.281 e. The van der Waals surface area contributed by atoms with Crippen molar-refractivity contribution in [3.05, 3.63) is 34.7 Å². The Bertz CT molecular complexity index is 544. The molecule has 0 aliphatic carbocycles. The lowest BCUT2D eigenvalue weighted by molar-refractivity contribution is 0.429. The third kappa shape index (κ3) is 3.96. The highest BCUT2D eigenvalue weighted by molar-refractivity contribution is 7.99. The summed E-state index contributed by atoms with van der Waals surface area (Å²) in [5.41, 5.74) is 1.14. The molecule has 0 aliphatic heterocycles. The Morgan fingerprint density at radius 1 is 1.37 bits per heavy atom. The molecule has 0 amide bonds. The summed E-state index contributed by atoms with van der Waals surface area (Å²) in [4.78, 5) is 0.969. The number of aromatic nitrogens is 2. The molecule has 1 aromatic carbocycles. The van der Waals surface area contributed by atoms with Gasteiger partial charge in [0.2, 0.25) is 5.89 Å². The first-order chi connectivity index (χ1) is 9.20. The van der Waals surface area contributed by atoms with Gasteiger partial charge in [0.1, 0.15) is 0 Å². The Labute approximate surface area is 121 Å². The number of hydrogen-bond donors (Lipinski definition) is 1. The van der Waals surface area contributed by atoms with Crippen LogP contribution >= 0.6 is 23.4 Å². The van der Waals surface area contributed by atoms with Crippen molar-refractivity contribution in [3.63, 3.8) is 0 Å². The molecule has 0 atom stereocenters. The van der Waals surface area contributed by atoms with Crippen LogP contribution in [-0.4, -0.2) is 16.7 Å². The minimum Gasteiger partial charge on any atom is -0.416 e. The van der Waals surface area contributed by atoms with Crippen LogP contribution in [0.3, 0.4) is 0 Å². The van der Waals surface area contributed by atoms with E-state index in [2.05, 4.69) is 28.5 Å². The van der Waals surface area contributed by atoms with Crippen LogP contribution in [0.4, 0.5) is 0 Å².